The van der Waals surface area contributed by atoms with Crippen LogP contribution in [-0.4, -0.2) is 30.4 Å². The number of hydrazone groups is 1. The standard InChI is InChI=1S/C18H20ClN3O3/c1-11-4-6-14(7-5-11)21-12(2)18(24)22-20-10-13-8-15(19)17(23)16(9-13)25-3/h4-10,12,21,23H,1-3H3,(H,22,24)/b20-10-/t12-/m0/s1. The van der Waals surface area contributed by atoms with E-state index in [1.165, 1.54) is 19.4 Å². The van der Waals surface area contributed by atoms with Crippen LogP contribution in [0.15, 0.2) is 41.5 Å². The largest absolute Gasteiger partial charge is 0.503 e. The first-order chi connectivity index (χ1) is 11.9. The number of halogens is 1. The predicted octanol–water partition coefficient (Wildman–Crippen LogP) is 3.31. The summed E-state index contributed by atoms with van der Waals surface area (Å²) in [5.74, 6) is -0.190. The molecule has 3 N–H and O–H groups in total. The van der Waals surface area contributed by atoms with Crippen molar-refractivity contribution in [1.82, 2.24) is 5.43 Å². The second kappa shape index (κ2) is 8.39. The van der Waals surface area contributed by atoms with Crippen molar-refractivity contribution < 1.29 is 14.6 Å². The molecule has 0 aliphatic rings. The molecular formula is C18H20ClN3O3. The lowest BCUT2D eigenvalue weighted by atomic mass is 10.2. The van der Waals surface area contributed by atoms with E-state index in [9.17, 15) is 9.90 Å². The van der Waals surface area contributed by atoms with Gasteiger partial charge in [0.2, 0.25) is 0 Å². The minimum atomic E-state index is -0.460. The topological polar surface area (TPSA) is 83.0 Å². The summed E-state index contributed by atoms with van der Waals surface area (Å²) in [5.41, 5.74) is 5.04. The van der Waals surface area contributed by atoms with E-state index in [0.717, 1.165) is 11.3 Å². The van der Waals surface area contributed by atoms with Gasteiger partial charge in [0.1, 0.15) is 6.04 Å². The summed E-state index contributed by atoms with van der Waals surface area (Å²) in [6.07, 6.45) is 1.42. The number of anilines is 1. The summed E-state index contributed by atoms with van der Waals surface area (Å²) in [5, 5.41) is 16.8. The normalized spacial score (nSPS) is 12.0. The maximum Gasteiger partial charge on any atom is 0.262 e. The van der Waals surface area contributed by atoms with E-state index >= 15 is 0 Å². The van der Waals surface area contributed by atoms with Gasteiger partial charge in [0.05, 0.1) is 18.3 Å². The second-order valence-corrected chi connectivity index (χ2v) is 5.93. The third-order valence-electron chi connectivity index (χ3n) is 3.49. The van der Waals surface area contributed by atoms with Crippen molar-refractivity contribution in [3.63, 3.8) is 0 Å². The second-order valence-electron chi connectivity index (χ2n) is 5.52. The van der Waals surface area contributed by atoms with Crippen LogP contribution >= 0.6 is 11.6 Å². The molecule has 132 valence electrons. The van der Waals surface area contributed by atoms with Gasteiger partial charge in [-0.3, -0.25) is 4.79 Å². The molecule has 2 aromatic carbocycles. The highest BCUT2D eigenvalue weighted by Crippen LogP contribution is 2.34. The fraction of sp³-hybridized carbons (Fsp3) is 0.222. The maximum atomic E-state index is 12.1. The molecule has 2 aromatic rings. The number of carbonyl (C=O) groups excluding carboxylic acids is 1. The van der Waals surface area contributed by atoms with Gasteiger partial charge in [-0.25, -0.2) is 5.43 Å². The molecule has 0 aromatic heterocycles. The van der Waals surface area contributed by atoms with Gasteiger partial charge in [-0.2, -0.15) is 5.10 Å². The van der Waals surface area contributed by atoms with Crippen LogP contribution in [0.4, 0.5) is 5.69 Å². The molecule has 0 fully saturated rings. The number of aromatic hydroxyl groups is 1. The number of aryl methyl sites for hydroxylation is 1. The van der Waals surface area contributed by atoms with Crippen LogP contribution in [0.25, 0.3) is 0 Å². The van der Waals surface area contributed by atoms with Gasteiger partial charge in [-0.1, -0.05) is 29.3 Å². The van der Waals surface area contributed by atoms with Gasteiger partial charge >= 0.3 is 0 Å². The smallest absolute Gasteiger partial charge is 0.262 e. The first-order valence-electron chi connectivity index (χ1n) is 7.63. The molecule has 0 aliphatic heterocycles. The lowest BCUT2D eigenvalue weighted by molar-refractivity contribution is -0.121. The van der Waals surface area contributed by atoms with Crippen molar-refractivity contribution in [3.05, 3.63) is 52.5 Å². The molecule has 0 saturated heterocycles. The van der Waals surface area contributed by atoms with Gasteiger partial charge in [-0.05, 0) is 43.7 Å². The van der Waals surface area contributed by atoms with Crippen molar-refractivity contribution in [2.75, 3.05) is 12.4 Å². The molecule has 0 bridgehead atoms. The Labute approximate surface area is 151 Å². The van der Waals surface area contributed by atoms with Crippen LogP contribution in [-0.2, 0) is 4.79 Å². The number of hydrogen-bond acceptors (Lipinski definition) is 5. The first-order valence-corrected chi connectivity index (χ1v) is 8.01. The predicted molar refractivity (Wildman–Crippen MR) is 99.7 cm³/mol. The average Bonchev–Trinajstić information content (AvgIpc) is 2.59. The van der Waals surface area contributed by atoms with Gasteiger partial charge in [0.15, 0.2) is 11.5 Å². The van der Waals surface area contributed by atoms with Crippen molar-refractivity contribution >= 4 is 29.4 Å². The Morgan fingerprint density at radius 3 is 2.64 bits per heavy atom. The first kappa shape index (κ1) is 18.6. The SMILES string of the molecule is COc1cc(/C=N\NC(=O)[C@H](C)Nc2ccc(C)cc2)cc(Cl)c1O. The van der Waals surface area contributed by atoms with E-state index in [2.05, 4.69) is 15.8 Å². The number of ether oxygens (including phenoxy) is 1. The summed E-state index contributed by atoms with van der Waals surface area (Å²) >= 11 is 5.90. The average molecular weight is 362 g/mol. The molecule has 25 heavy (non-hydrogen) atoms. The fourth-order valence-corrected chi connectivity index (χ4v) is 2.28. The van der Waals surface area contributed by atoms with E-state index in [1.54, 1.807) is 13.0 Å². The van der Waals surface area contributed by atoms with Crippen LogP contribution in [0.2, 0.25) is 5.02 Å². The molecule has 0 heterocycles. The Morgan fingerprint density at radius 1 is 1.32 bits per heavy atom. The van der Waals surface area contributed by atoms with Crippen LogP contribution in [0.5, 0.6) is 11.5 Å². The van der Waals surface area contributed by atoms with E-state index in [4.69, 9.17) is 16.3 Å². The van der Waals surface area contributed by atoms with E-state index < -0.39 is 6.04 Å². The third kappa shape index (κ3) is 5.12. The van der Waals surface area contributed by atoms with Crippen LogP contribution in [0, 0.1) is 6.92 Å². The summed E-state index contributed by atoms with van der Waals surface area (Å²) in [6.45, 7) is 3.74. The Hall–Kier alpha value is -2.73. The number of nitrogens with one attached hydrogen (secondary N) is 2. The molecule has 0 aliphatic carbocycles. The molecule has 0 unspecified atom stereocenters. The Balaban J connectivity index is 1.95. The summed E-state index contributed by atoms with van der Waals surface area (Å²) in [6, 6.07) is 10.4. The van der Waals surface area contributed by atoms with E-state index in [0.29, 0.717) is 5.56 Å². The molecule has 2 rings (SSSR count). The zero-order chi connectivity index (χ0) is 18.4. The Bertz CT molecular complexity index is 776. The lowest BCUT2D eigenvalue weighted by Crippen LogP contribution is -2.34. The Kier molecular flexibility index (Phi) is 6.25. The quantitative estimate of drug-likeness (QED) is 0.544. The molecule has 0 spiro atoms. The molecule has 0 radical (unpaired) electrons. The van der Waals surface area contributed by atoms with Crippen LogP contribution in [0.3, 0.4) is 0 Å². The summed E-state index contributed by atoms with van der Waals surface area (Å²) in [7, 11) is 1.42. The minimum absolute atomic E-state index is 0.138. The number of carbonyl (C=O) groups is 1. The Morgan fingerprint density at radius 2 is 2.00 bits per heavy atom. The number of methoxy groups -OCH3 is 1. The van der Waals surface area contributed by atoms with E-state index in [-0.39, 0.29) is 22.4 Å². The van der Waals surface area contributed by atoms with Gasteiger partial charge in [0, 0.05) is 5.69 Å². The highest BCUT2D eigenvalue weighted by Gasteiger charge is 2.12. The van der Waals surface area contributed by atoms with Crippen molar-refractivity contribution in [3.8, 4) is 11.5 Å². The number of hydrogen-bond donors (Lipinski definition) is 3. The lowest BCUT2D eigenvalue weighted by Gasteiger charge is -2.13. The zero-order valence-electron chi connectivity index (χ0n) is 14.2. The number of phenols is 1. The summed E-state index contributed by atoms with van der Waals surface area (Å²) in [4.78, 5) is 12.1. The van der Waals surface area contributed by atoms with E-state index in [1.807, 2.05) is 31.2 Å². The minimum Gasteiger partial charge on any atom is -0.503 e. The van der Waals surface area contributed by atoms with Crippen molar-refractivity contribution in [1.29, 1.82) is 0 Å². The number of rotatable bonds is 6. The molecule has 6 nitrogen and oxygen atoms in total. The van der Waals surface area contributed by atoms with Crippen molar-refractivity contribution in [2.24, 2.45) is 5.10 Å². The maximum absolute atomic E-state index is 12.1. The van der Waals surface area contributed by atoms with Gasteiger partial charge in [-0.15, -0.1) is 0 Å². The van der Waals surface area contributed by atoms with Crippen LogP contribution in [0.1, 0.15) is 18.1 Å². The van der Waals surface area contributed by atoms with Gasteiger partial charge in [0.25, 0.3) is 5.91 Å². The highest BCUT2D eigenvalue weighted by atomic mass is 35.5. The fourth-order valence-electron chi connectivity index (χ4n) is 2.06. The monoisotopic (exact) mass is 361 g/mol. The molecule has 1 amide bonds. The van der Waals surface area contributed by atoms with Crippen molar-refractivity contribution in [2.45, 2.75) is 19.9 Å². The van der Waals surface area contributed by atoms with Gasteiger partial charge < -0.3 is 15.2 Å². The molecule has 1 atom stereocenters. The number of phenolic OH excluding ortho intramolecular Hbond substituents is 1. The zero-order valence-corrected chi connectivity index (χ0v) is 15.0. The highest BCUT2D eigenvalue weighted by molar-refractivity contribution is 6.32. The number of benzene rings is 2. The summed E-state index contributed by atoms with van der Waals surface area (Å²) < 4.78 is 5.01. The molecule has 7 heteroatoms. The third-order valence-corrected chi connectivity index (χ3v) is 3.78. The number of nitrogens with zero attached hydrogens (tertiary/aromatic N) is 1. The van der Waals surface area contributed by atoms with Crippen LogP contribution < -0.4 is 15.5 Å². The molecular weight excluding hydrogens is 342 g/mol. The number of amides is 1. The molecule has 0 saturated carbocycles.